The Morgan fingerprint density at radius 2 is 1.72 bits per heavy atom. The van der Waals surface area contributed by atoms with Crippen molar-refractivity contribution < 1.29 is 28.9 Å². The minimum atomic E-state index is -0.879. The molecule has 0 aromatic heterocycles. The molecule has 0 amide bonds. The Labute approximate surface area is 170 Å². The maximum Gasteiger partial charge on any atom is 0.304 e. The van der Waals surface area contributed by atoms with Crippen LogP contribution >= 0.6 is 0 Å². The molecule has 0 atom stereocenters. The highest BCUT2D eigenvalue weighted by Gasteiger charge is 2.28. The highest BCUT2D eigenvalue weighted by molar-refractivity contribution is 6.02. The van der Waals surface area contributed by atoms with Gasteiger partial charge in [-0.3, -0.25) is 9.59 Å². The first-order valence-electron chi connectivity index (χ1n) is 9.52. The van der Waals surface area contributed by atoms with Gasteiger partial charge in [0.1, 0.15) is 0 Å². The number of carboxylic acids is 1. The van der Waals surface area contributed by atoms with E-state index in [9.17, 15) is 9.59 Å². The summed E-state index contributed by atoms with van der Waals surface area (Å²) in [6.45, 7) is 3.86. The van der Waals surface area contributed by atoms with Crippen molar-refractivity contribution in [3.05, 3.63) is 41.5 Å². The number of carbonyl (C=O) groups is 2. The van der Waals surface area contributed by atoms with E-state index in [-0.39, 0.29) is 18.8 Å². The number of fused-ring (bicyclic) bond motifs is 1. The monoisotopic (exact) mass is 398 g/mol. The van der Waals surface area contributed by atoms with Crippen LogP contribution in [0.3, 0.4) is 0 Å². The number of Topliss-reactive ketones (excluding diaryl/α,β-unsaturated/α-hetero) is 1. The van der Waals surface area contributed by atoms with E-state index >= 15 is 0 Å². The van der Waals surface area contributed by atoms with Crippen LogP contribution in [0.2, 0.25) is 0 Å². The first-order valence-corrected chi connectivity index (χ1v) is 9.52. The van der Waals surface area contributed by atoms with Gasteiger partial charge in [0.15, 0.2) is 17.3 Å². The molecule has 3 rings (SSSR count). The molecule has 0 radical (unpaired) electrons. The summed E-state index contributed by atoms with van der Waals surface area (Å²) >= 11 is 0. The van der Waals surface area contributed by atoms with E-state index in [1.54, 1.807) is 13.2 Å². The summed E-state index contributed by atoms with van der Waals surface area (Å²) in [5.74, 6) is 0.713. The summed E-state index contributed by atoms with van der Waals surface area (Å²) in [5.41, 5.74) is 2.88. The second kappa shape index (κ2) is 8.15. The lowest BCUT2D eigenvalue weighted by Gasteiger charge is -2.25. The van der Waals surface area contributed by atoms with Crippen molar-refractivity contribution in [3.8, 4) is 28.4 Å². The molecule has 0 bridgehead atoms. The van der Waals surface area contributed by atoms with Crippen LogP contribution in [-0.4, -0.2) is 37.7 Å². The number of methoxy groups -OCH3 is 2. The number of benzene rings is 2. The average molecular weight is 398 g/mol. The lowest BCUT2D eigenvalue weighted by molar-refractivity contribution is -0.139. The minimum Gasteiger partial charge on any atom is -0.493 e. The van der Waals surface area contributed by atoms with E-state index in [1.807, 2.05) is 38.1 Å². The van der Waals surface area contributed by atoms with Gasteiger partial charge in [0.05, 0.1) is 27.2 Å². The largest absolute Gasteiger partial charge is 0.493 e. The molecule has 0 spiro atoms. The van der Waals surface area contributed by atoms with Crippen molar-refractivity contribution in [2.75, 3.05) is 20.8 Å². The van der Waals surface area contributed by atoms with Crippen molar-refractivity contribution in [3.63, 3.8) is 0 Å². The molecule has 0 saturated carbocycles. The maximum atomic E-state index is 12.2. The molecule has 1 N–H and O–H groups in total. The molecular weight excluding hydrogens is 372 g/mol. The first-order chi connectivity index (χ1) is 13.8. The van der Waals surface area contributed by atoms with Crippen molar-refractivity contribution in [1.82, 2.24) is 0 Å². The number of rotatable bonds is 8. The molecule has 29 heavy (non-hydrogen) atoms. The van der Waals surface area contributed by atoms with Crippen LogP contribution in [0.4, 0.5) is 0 Å². The summed E-state index contributed by atoms with van der Waals surface area (Å²) < 4.78 is 17.2. The quantitative estimate of drug-likeness (QED) is 0.711. The maximum absolute atomic E-state index is 12.2. The molecule has 154 valence electrons. The van der Waals surface area contributed by atoms with Crippen LogP contribution in [-0.2, 0) is 11.2 Å². The van der Waals surface area contributed by atoms with Crippen molar-refractivity contribution in [1.29, 1.82) is 0 Å². The fourth-order valence-corrected chi connectivity index (χ4v) is 3.72. The van der Waals surface area contributed by atoms with E-state index < -0.39 is 11.4 Å². The normalized spacial score (nSPS) is 13.2. The van der Waals surface area contributed by atoms with Gasteiger partial charge in [-0.1, -0.05) is 32.0 Å². The number of aliphatic carboxylic acids is 1. The Bertz CT molecular complexity index is 945. The molecule has 0 unspecified atom stereocenters. The number of hydrogen-bond acceptors (Lipinski definition) is 5. The van der Waals surface area contributed by atoms with Crippen LogP contribution in [0.15, 0.2) is 30.3 Å². The van der Waals surface area contributed by atoms with Gasteiger partial charge in [-0.05, 0) is 29.7 Å². The summed E-state index contributed by atoms with van der Waals surface area (Å²) in [4.78, 5) is 23.4. The van der Waals surface area contributed by atoms with Gasteiger partial charge in [-0.15, -0.1) is 0 Å². The van der Waals surface area contributed by atoms with Crippen LogP contribution in [0.25, 0.3) is 11.1 Å². The van der Waals surface area contributed by atoms with Gasteiger partial charge in [0.2, 0.25) is 5.75 Å². The lowest BCUT2D eigenvalue weighted by Crippen LogP contribution is -2.25. The number of ether oxygens (including phenoxy) is 3. The van der Waals surface area contributed by atoms with Gasteiger partial charge in [0, 0.05) is 23.0 Å². The number of carboxylic acid groups (broad SMARTS) is 1. The zero-order valence-electron chi connectivity index (χ0n) is 17.2. The minimum absolute atomic E-state index is 0.0240. The van der Waals surface area contributed by atoms with Crippen LogP contribution in [0.1, 0.15) is 42.6 Å². The van der Waals surface area contributed by atoms with Gasteiger partial charge < -0.3 is 19.3 Å². The van der Waals surface area contributed by atoms with Crippen LogP contribution < -0.4 is 14.2 Å². The predicted octanol–water partition coefficient (Wildman–Crippen LogP) is 4.38. The summed E-state index contributed by atoms with van der Waals surface area (Å²) in [5, 5.41) is 9.16. The summed E-state index contributed by atoms with van der Waals surface area (Å²) in [6, 6.07) is 9.38. The number of ketones is 1. The smallest absolute Gasteiger partial charge is 0.304 e. The van der Waals surface area contributed by atoms with Crippen LogP contribution in [0, 0.1) is 5.41 Å². The third-order valence-electron chi connectivity index (χ3n) is 5.11. The second-order valence-corrected chi connectivity index (χ2v) is 7.96. The first kappa shape index (κ1) is 20.7. The number of carbonyl (C=O) groups excluding carboxylic acids is 1. The van der Waals surface area contributed by atoms with Gasteiger partial charge in [-0.2, -0.15) is 0 Å². The molecule has 1 aliphatic rings. The third kappa shape index (κ3) is 4.21. The Kier molecular flexibility index (Phi) is 5.82. The molecule has 0 saturated heterocycles. The molecule has 2 aromatic rings. The van der Waals surface area contributed by atoms with Crippen molar-refractivity contribution in [2.24, 2.45) is 5.41 Å². The average Bonchev–Trinajstić information content (AvgIpc) is 3.05. The SMILES string of the molecule is COc1ccc(-c2cccc3c2CCC3=O)c(OCC(C)(C)CC(=O)O)c1OC. The molecule has 6 nitrogen and oxygen atoms in total. The standard InChI is InChI=1S/C23H26O6/c1-23(2,12-20(25)26)13-29-21-17(9-11-19(27-3)22(21)28-4)14-6-5-7-16-15(14)8-10-18(16)24/h5-7,9,11H,8,10,12-13H2,1-4H3,(H,25,26). The second-order valence-electron chi connectivity index (χ2n) is 7.96. The fourth-order valence-electron chi connectivity index (χ4n) is 3.72. The van der Waals surface area contributed by atoms with Crippen LogP contribution in [0.5, 0.6) is 17.2 Å². The highest BCUT2D eigenvalue weighted by Crippen LogP contribution is 2.47. The Morgan fingerprint density at radius 3 is 2.38 bits per heavy atom. The molecule has 2 aromatic carbocycles. The molecule has 0 heterocycles. The predicted molar refractivity (Wildman–Crippen MR) is 109 cm³/mol. The molecular formula is C23H26O6. The highest BCUT2D eigenvalue weighted by atomic mass is 16.5. The van der Waals surface area contributed by atoms with E-state index in [0.717, 1.165) is 22.3 Å². The molecule has 0 fully saturated rings. The lowest BCUT2D eigenvalue weighted by atomic mass is 9.90. The van der Waals surface area contributed by atoms with Crippen molar-refractivity contribution in [2.45, 2.75) is 33.1 Å². The van der Waals surface area contributed by atoms with E-state index in [0.29, 0.717) is 30.1 Å². The summed E-state index contributed by atoms with van der Waals surface area (Å²) in [7, 11) is 3.09. The van der Waals surface area contributed by atoms with Gasteiger partial charge >= 0.3 is 5.97 Å². The zero-order valence-corrected chi connectivity index (χ0v) is 17.2. The third-order valence-corrected chi connectivity index (χ3v) is 5.11. The van der Waals surface area contributed by atoms with Crippen molar-refractivity contribution >= 4 is 11.8 Å². The molecule has 6 heteroatoms. The van der Waals surface area contributed by atoms with E-state index in [1.165, 1.54) is 7.11 Å². The Hall–Kier alpha value is -3.02. The Balaban J connectivity index is 2.09. The van der Waals surface area contributed by atoms with Gasteiger partial charge in [0.25, 0.3) is 0 Å². The fraction of sp³-hybridized carbons (Fsp3) is 0.391. The molecule has 0 aliphatic heterocycles. The van der Waals surface area contributed by atoms with E-state index in [4.69, 9.17) is 19.3 Å². The number of hydrogen-bond donors (Lipinski definition) is 1. The van der Waals surface area contributed by atoms with Gasteiger partial charge in [-0.25, -0.2) is 0 Å². The topological polar surface area (TPSA) is 82.1 Å². The molecule has 1 aliphatic carbocycles. The zero-order chi connectivity index (χ0) is 21.2. The summed E-state index contributed by atoms with van der Waals surface area (Å²) in [6.07, 6.45) is 1.16. The van der Waals surface area contributed by atoms with E-state index in [2.05, 4.69) is 0 Å². The Morgan fingerprint density at radius 1 is 1.00 bits per heavy atom.